The molecule has 4 rings (SSSR count). The molecule has 0 aliphatic carbocycles. The summed E-state index contributed by atoms with van der Waals surface area (Å²) in [4.78, 5) is 41.9. The predicted molar refractivity (Wildman–Crippen MR) is 113 cm³/mol. The molecule has 0 N–H and O–H groups in total. The summed E-state index contributed by atoms with van der Waals surface area (Å²) in [6.07, 6.45) is 3.01. The van der Waals surface area contributed by atoms with Crippen molar-refractivity contribution in [3.63, 3.8) is 0 Å². The Morgan fingerprint density at radius 3 is 2.80 bits per heavy atom. The van der Waals surface area contributed by atoms with Gasteiger partial charge >= 0.3 is 5.97 Å². The lowest BCUT2D eigenvalue weighted by atomic mass is 10.0. The minimum atomic E-state index is -0.634. The van der Waals surface area contributed by atoms with Crippen LogP contribution in [0.1, 0.15) is 34.5 Å². The van der Waals surface area contributed by atoms with E-state index in [9.17, 15) is 14.4 Å². The molecule has 0 spiro atoms. The van der Waals surface area contributed by atoms with E-state index in [2.05, 4.69) is 0 Å². The number of methoxy groups -OCH3 is 1. The van der Waals surface area contributed by atoms with Gasteiger partial charge in [0.1, 0.15) is 11.8 Å². The number of anilines is 1. The van der Waals surface area contributed by atoms with E-state index in [0.29, 0.717) is 24.4 Å². The second kappa shape index (κ2) is 8.87. The molecule has 7 nitrogen and oxygen atoms in total. The highest BCUT2D eigenvalue weighted by Gasteiger charge is 2.36. The Bertz CT molecular complexity index is 943. The molecule has 0 bridgehead atoms. The molecule has 0 radical (unpaired) electrons. The number of fused-ring (bicyclic) bond motifs is 1. The van der Waals surface area contributed by atoms with Gasteiger partial charge in [-0.05, 0) is 60.9 Å². The SMILES string of the molecule is COc1ccc2c(c1)CCCN2C(=O)COC(=O)[C@@H]1CCCN1C(=O)c1cccs1. The first-order valence-electron chi connectivity index (χ1n) is 10.1. The maximum atomic E-state index is 12.8. The summed E-state index contributed by atoms with van der Waals surface area (Å²) in [5, 5.41) is 1.83. The van der Waals surface area contributed by atoms with Gasteiger partial charge in [-0.3, -0.25) is 9.59 Å². The standard InChI is InChI=1S/C22H24N2O5S/c1-28-16-8-9-17-15(13-16)5-2-10-23(17)20(25)14-29-22(27)18-6-3-11-24(18)21(26)19-7-4-12-30-19/h4,7-9,12-13,18H,2-3,5-6,10-11,14H2,1H3/t18-/m0/s1. The summed E-state index contributed by atoms with van der Waals surface area (Å²) in [5.41, 5.74) is 1.88. The molecule has 1 atom stereocenters. The first-order valence-corrected chi connectivity index (χ1v) is 10.9. The zero-order valence-corrected chi connectivity index (χ0v) is 17.7. The minimum absolute atomic E-state index is 0.158. The zero-order valence-electron chi connectivity index (χ0n) is 16.8. The number of carbonyl (C=O) groups excluding carboxylic acids is 3. The number of thiophene rings is 1. The van der Waals surface area contributed by atoms with Crippen molar-refractivity contribution in [2.75, 3.05) is 31.7 Å². The Kier molecular flexibility index (Phi) is 6.03. The molecule has 1 aromatic heterocycles. The van der Waals surface area contributed by atoms with Gasteiger partial charge in [0, 0.05) is 18.8 Å². The number of esters is 1. The number of rotatable bonds is 5. The van der Waals surface area contributed by atoms with Gasteiger partial charge in [0.2, 0.25) is 0 Å². The molecule has 1 saturated heterocycles. The van der Waals surface area contributed by atoms with Crippen LogP contribution in [-0.2, 0) is 20.7 Å². The fraction of sp³-hybridized carbons (Fsp3) is 0.409. The van der Waals surface area contributed by atoms with Gasteiger partial charge in [0.25, 0.3) is 11.8 Å². The van der Waals surface area contributed by atoms with Crippen LogP contribution >= 0.6 is 11.3 Å². The highest BCUT2D eigenvalue weighted by molar-refractivity contribution is 7.12. The van der Waals surface area contributed by atoms with Crippen molar-refractivity contribution in [1.29, 1.82) is 0 Å². The highest BCUT2D eigenvalue weighted by atomic mass is 32.1. The van der Waals surface area contributed by atoms with Crippen LogP contribution in [0.2, 0.25) is 0 Å². The molecule has 30 heavy (non-hydrogen) atoms. The van der Waals surface area contributed by atoms with E-state index in [1.165, 1.54) is 11.3 Å². The molecule has 158 valence electrons. The van der Waals surface area contributed by atoms with Crippen LogP contribution < -0.4 is 9.64 Å². The molecule has 2 aliphatic rings. The molecule has 1 fully saturated rings. The summed E-state index contributed by atoms with van der Waals surface area (Å²) in [7, 11) is 1.61. The molecular formula is C22H24N2O5S. The summed E-state index contributed by atoms with van der Waals surface area (Å²) < 4.78 is 10.6. The Morgan fingerprint density at radius 2 is 2.03 bits per heavy atom. The lowest BCUT2D eigenvalue weighted by molar-refractivity contribution is -0.151. The minimum Gasteiger partial charge on any atom is -0.497 e. The van der Waals surface area contributed by atoms with E-state index in [1.54, 1.807) is 23.0 Å². The topological polar surface area (TPSA) is 76.2 Å². The maximum absolute atomic E-state index is 12.8. The van der Waals surface area contributed by atoms with Gasteiger partial charge in [-0.25, -0.2) is 4.79 Å². The van der Waals surface area contributed by atoms with Gasteiger partial charge in [0.05, 0.1) is 12.0 Å². The monoisotopic (exact) mass is 428 g/mol. The Hall–Kier alpha value is -2.87. The summed E-state index contributed by atoms with van der Waals surface area (Å²) in [6, 6.07) is 8.55. The first-order chi connectivity index (χ1) is 14.6. The van der Waals surface area contributed by atoms with Crippen LogP contribution in [0, 0.1) is 0 Å². The Morgan fingerprint density at radius 1 is 1.17 bits per heavy atom. The molecule has 8 heteroatoms. The van der Waals surface area contributed by atoms with E-state index in [1.807, 2.05) is 29.6 Å². The van der Waals surface area contributed by atoms with Gasteiger partial charge < -0.3 is 19.3 Å². The Balaban J connectivity index is 1.38. The third-order valence-corrected chi connectivity index (χ3v) is 6.42. The fourth-order valence-corrected chi connectivity index (χ4v) is 4.74. The van der Waals surface area contributed by atoms with Crippen LogP contribution in [-0.4, -0.2) is 55.5 Å². The second-order valence-corrected chi connectivity index (χ2v) is 8.33. The van der Waals surface area contributed by atoms with Crippen LogP contribution in [0.15, 0.2) is 35.7 Å². The van der Waals surface area contributed by atoms with E-state index >= 15 is 0 Å². The molecule has 0 unspecified atom stereocenters. The van der Waals surface area contributed by atoms with Gasteiger partial charge in [-0.1, -0.05) is 6.07 Å². The lowest BCUT2D eigenvalue weighted by Crippen LogP contribution is -2.43. The number of carbonyl (C=O) groups is 3. The highest BCUT2D eigenvalue weighted by Crippen LogP contribution is 2.30. The number of amides is 2. The van der Waals surface area contributed by atoms with Crippen LogP contribution in [0.5, 0.6) is 5.75 Å². The molecule has 0 saturated carbocycles. The van der Waals surface area contributed by atoms with Crippen molar-refractivity contribution in [2.45, 2.75) is 31.7 Å². The molecule has 2 aliphatic heterocycles. The van der Waals surface area contributed by atoms with E-state index in [-0.39, 0.29) is 18.4 Å². The molecule has 3 heterocycles. The number of nitrogens with zero attached hydrogens (tertiary/aromatic N) is 2. The van der Waals surface area contributed by atoms with Crippen molar-refractivity contribution in [3.05, 3.63) is 46.2 Å². The number of aryl methyl sites for hydroxylation is 1. The van der Waals surface area contributed by atoms with E-state index in [0.717, 1.165) is 36.3 Å². The normalized spacial score (nSPS) is 18.1. The van der Waals surface area contributed by atoms with Crippen molar-refractivity contribution in [2.24, 2.45) is 0 Å². The lowest BCUT2D eigenvalue weighted by Gasteiger charge is -2.30. The third-order valence-electron chi connectivity index (χ3n) is 5.56. The van der Waals surface area contributed by atoms with Gasteiger partial charge in [0.15, 0.2) is 6.61 Å². The largest absolute Gasteiger partial charge is 0.497 e. The molecule has 2 aromatic rings. The molecule has 2 amide bonds. The van der Waals surface area contributed by atoms with Crippen LogP contribution in [0.25, 0.3) is 0 Å². The fourth-order valence-electron chi connectivity index (χ4n) is 4.06. The average Bonchev–Trinajstić information content (AvgIpc) is 3.48. The van der Waals surface area contributed by atoms with Gasteiger partial charge in [-0.15, -0.1) is 11.3 Å². The van der Waals surface area contributed by atoms with Crippen LogP contribution in [0.4, 0.5) is 5.69 Å². The quantitative estimate of drug-likeness (QED) is 0.685. The first kappa shape index (κ1) is 20.4. The number of hydrogen-bond donors (Lipinski definition) is 0. The van der Waals surface area contributed by atoms with Crippen molar-refractivity contribution in [1.82, 2.24) is 4.90 Å². The maximum Gasteiger partial charge on any atom is 0.329 e. The van der Waals surface area contributed by atoms with E-state index < -0.39 is 12.0 Å². The summed E-state index contributed by atoms with van der Waals surface area (Å²) >= 11 is 1.35. The van der Waals surface area contributed by atoms with Crippen LogP contribution in [0.3, 0.4) is 0 Å². The Labute approximate surface area is 179 Å². The average molecular weight is 429 g/mol. The predicted octanol–water partition coefficient (Wildman–Crippen LogP) is 2.88. The number of hydrogen-bond acceptors (Lipinski definition) is 6. The van der Waals surface area contributed by atoms with Gasteiger partial charge in [-0.2, -0.15) is 0 Å². The molecule has 1 aromatic carbocycles. The smallest absolute Gasteiger partial charge is 0.329 e. The zero-order chi connectivity index (χ0) is 21.1. The van der Waals surface area contributed by atoms with E-state index in [4.69, 9.17) is 9.47 Å². The summed E-state index contributed by atoms with van der Waals surface area (Å²) in [6.45, 7) is 0.774. The van der Waals surface area contributed by atoms with Crippen molar-refractivity contribution in [3.8, 4) is 5.75 Å². The van der Waals surface area contributed by atoms with Crippen molar-refractivity contribution < 1.29 is 23.9 Å². The van der Waals surface area contributed by atoms with Crippen molar-refractivity contribution >= 4 is 34.8 Å². The second-order valence-electron chi connectivity index (χ2n) is 7.39. The molecular weight excluding hydrogens is 404 g/mol. The number of likely N-dealkylation sites (tertiary alicyclic amines) is 1. The summed E-state index contributed by atoms with van der Waals surface area (Å²) in [5.74, 6) is -0.179. The number of benzene rings is 1. The number of ether oxygens (including phenoxy) is 2. The third kappa shape index (κ3) is 4.05.